The molecule has 1 rings (SSSR count). The highest BCUT2D eigenvalue weighted by Crippen LogP contribution is 2.08. The fraction of sp³-hybridized carbons (Fsp3) is 0.500. The van der Waals surface area contributed by atoms with Gasteiger partial charge in [0.05, 0.1) is 19.1 Å². The van der Waals surface area contributed by atoms with Gasteiger partial charge in [-0.25, -0.2) is 0 Å². The Labute approximate surface area is 125 Å². The predicted molar refractivity (Wildman–Crippen MR) is 79.9 cm³/mol. The van der Waals surface area contributed by atoms with Crippen molar-refractivity contribution in [3.8, 4) is 0 Å². The van der Waals surface area contributed by atoms with Gasteiger partial charge in [-0.05, 0) is 26.3 Å². The molecule has 1 amide bonds. The molecule has 0 heterocycles. The van der Waals surface area contributed by atoms with Crippen LogP contribution in [0.15, 0.2) is 24.3 Å². The van der Waals surface area contributed by atoms with Gasteiger partial charge < -0.3 is 14.7 Å². The molecule has 21 heavy (non-hydrogen) atoms. The Morgan fingerprint density at radius 1 is 1.24 bits per heavy atom. The Morgan fingerprint density at radius 2 is 1.86 bits per heavy atom. The molecule has 0 saturated carbocycles. The Hall–Kier alpha value is -1.88. The second-order valence-corrected chi connectivity index (χ2v) is 5.30. The van der Waals surface area contributed by atoms with E-state index in [1.807, 2.05) is 45.0 Å². The second-order valence-electron chi connectivity index (χ2n) is 5.30. The number of rotatable bonds is 8. The number of aliphatic carboxylic acids is 1. The zero-order valence-corrected chi connectivity index (χ0v) is 12.8. The molecule has 0 bridgehead atoms. The first kappa shape index (κ1) is 17.2. The summed E-state index contributed by atoms with van der Waals surface area (Å²) in [5, 5.41) is 8.94. The van der Waals surface area contributed by atoms with Crippen molar-refractivity contribution < 1.29 is 19.4 Å². The maximum atomic E-state index is 12.1. The quantitative estimate of drug-likeness (QED) is 0.798. The van der Waals surface area contributed by atoms with E-state index < -0.39 is 5.97 Å². The Bertz CT molecular complexity index is 468. The summed E-state index contributed by atoms with van der Waals surface area (Å²) < 4.78 is 5.34. The van der Waals surface area contributed by atoms with Gasteiger partial charge in [0.15, 0.2) is 0 Å². The van der Waals surface area contributed by atoms with E-state index in [0.29, 0.717) is 13.2 Å². The van der Waals surface area contributed by atoms with Crippen LogP contribution in [0.3, 0.4) is 0 Å². The summed E-state index contributed by atoms with van der Waals surface area (Å²) in [4.78, 5) is 24.4. The van der Waals surface area contributed by atoms with Crippen molar-refractivity contribution in [2.75, 3.05) is 13.2 Å². The van der Waals surface area contributed by atoms with Crippen LogP contribution in [0.4, 0.5) is 0 Å². The van der Waals surface area contributed by atoms with Crippen LogP contribution >= 0.6 is 0 Å². The van der Waals surface area contributed by atoms with Crippen molar-refractivity contribution in [2.24, 2.45) is 0 Å². The molecule has 0 aliphatic heterocycles. The second kappa shape index (κ2) is 8.42. The van der Waals surface area contributed by atoms with Crippen LogP contribution in [0.1, 0.15) is 31.4 Å². The lowest BCUT2D eigenvalue weighted by Gasteiger charge is -2.21. The van der Waals surface area contributed by atoms with Gasteiger partial charge in [-0.2, -0.15) is 0 Å². The van der Waals surface area contributed by atoms with Gasteiger partial charge in [0.2, 0.25) is 5.91 Å². The minimum absolute atomic E-state index is 0.0582. The van der Waals surface area contributed by atoms with Crippen molar-refractivity contribution in [2.45, 2.75) is 39.8 Å². The van der Waals surface area contributed by atoms with E-state index in [4.69, 9.17) is 9.84 Å². The van der Waals surface area contributed by atoms with Crippen molar-refractivity contribution in [3.63, 3.8) is 0 Å². The van der Waals surface area contributed by atoms with Crippen molar-refractivity contribution in [1.29, 1.82) is 0 Å². The first-order valence-electron chi connectivity index (χ1n) is 7.05. The van der Waals surface area contributed by atoms with Crippen LogP contribution in [-0.4, -0.2) is 41.1 Å². The third-order valence-electron chi connectivity index (χ3n) is 2.94. The molecule has 1 N–H and O–H groups in total. The largest absolute Gasteiger partial charge is 0.480 e. The standard InChI is InChI=1S/C16H23NO4/c1-12(2)21-9-8-15(18)17(11-16(19)20)10-14-6-4-13(3)5-7-14/h4-7,12H,8-11H2,1-3H3,(H,19,20). The van der Waals surface area contributed by atoms with Crippen LogP contribution in [0.25, 0.3) is 0 Å². The molecule has 116 valence electrons. The number of aryl methyl sites for hydroxylation is 1. The number of amides is 1. The van der Waals surface area contributed by atoms with Crippen molar-refractivity contribution >= 4 is 11.9 Å². The lowest BCUT2D eigenvalue weighted by Crippen LogP contribution is -2.35. The summed E-state index contributed by atoms with van der Waals surface area (Å²) >= 11 is 0. The number of carbonyl (C=O) groups is 2. The van der Waals surface area contributed by atoms with Crippen LogP contribution in [0.5, 0.6) is 0 Å². The average Bonchev–Trinajstić information content (AvgIpc) is 2.39. The van der Waals surface area contributed by atoms with Crippen LogP contribution < -0.4 is 0 Å². The lowest BCUT2D eigenvalue weighted by atomic mass is 10.1. The van der Waals surface area contributed by atoms with Crippen LogP contribution in [0.2, 0.25) is 0 Å². The van der Waals surface area contributed by atoms with Crippen molar-refractivity contribution in [3.05, 3.63) is 35.4 Å². The zero-order valence-electron chi connectivity index (χ0n) is 12.8. The van der Waals surface area contributed by atoms with Gasteiger partial charge in [-0.15, -0.1) is 0 Å². The summed E-state index contributed by atoms with van der Waals surface area (Å²) in [7, 11) is 0. The Morgan fingerprint density at radius 3 is 2.38 bits per heavy atom. The van der Waals surface area contributed by atoms with Crippen LogP contribution in [0, 0.1) is 6.92 Å². The van der Waals surface area contributed by atoms with Gasteiger partial charge in [0.1, 0.15) is 6.54 Å². The summed E-state index contributed by atoms with van der Waals surface area (Å²) in [6, 6.07) is 7.70. The third kappa shape index (κ3) is 6.90. The maximum Gasteiger partial charge on any atom is 0.323 e. The number of carboxylic acid groups (broad SMARTS) is 1. The first-order valence-corrected chi connectivity index (χ1v) is 7.05. The summed E-state index contributed by atoms with van der Waals surface area (Å²) in [6.45, 7) is 6.08. The topological polar surface area (TPSA) is 66.8 Å². The molecule has 0 unspecified atom stereocenters. The van der Waals surface area contributed by atoms with E-state index in [9.17, 15) is 9.59 Å². The van der Waals surface area contributed by atoms with Crippen LogP contribution in [-0.2, 0) is 20.9 Å². The number of ether oxygens (including phenoxy) is 1. The molecule has 0 saturated heterocycles. The molecule has 5 heteroatoms. The molecule has 0 spiro atoms. The van der Waals surface area contributed by atoms with E-state index in [1.165, 1.54) is 4.90 Å². The number of nitrogens with zero attached hydrogens (tertiary/aromatic N) is 1. The highest BCUT2D eigenvalue weighted by Gasteiger charge is 2.17. The van der Waals surface area contributed by atoms with E-state index in [1.54, 1.807) is 0 Å². The normalized spacial score (nSPS) is 10.7. The molecule has 1 aromatic carbocycles. The van der Waals surface area contributed by atoms with Gasteiger partial charge in [-0.3, -0.25) is 9.59 Å². The first-order chi connectivity index (χ1) is 9.88. The fourth-order valence-electron chi connectivity index (χ4n) is 1.85. The van der Waals surface area contributed by atoms with Gasteiger partial charge >= 0.3 is 5.97 Å². The smallest absolute Gasteiger partial charge is 0.323 e. The van der Waals surface area contributed by atoms with E-state index in [-0.39, 0.29) is 25.0 Å². The lowest BCUT2D eigenvalue weighted by molar-refractivity contribution is -0.145. The molecular formula is C16H23NO4. The number of carboxylic acids is 1. The maximum absolute atomic E-state index is 12.1. The monoisotopic (exact) mass is 293 g/mol. The molecule has 0 atom stereocenters. The predicted octanol–water partition coefficient (Wildman–Crippen LogP) is 2.22. The molecule has 0 aromatic heterocycles. The molecule has 1 aromatic rings. The number of hydrogen-bond acceptors (Lipinski definition) is 3. The molecule has 0 radical (unpaired) electrons. The Balaban J connectivity index is 2.63. The third-order valence-corrected chi connectivity index (χ3v) is 2.94. The van der Waals surface area contributed by atoms with E-state index in [0.717, 1.165) is 11.1 Å². The highest BCUT2D eigenvalue weighted by molar-refractivity contribution is 5.81. The zero-order chi connectivity index (χ0) is 15.8. The molecule has 0 aliphatic carbocycles. The summed E-state index contributed by atoms with van der Waals surface area (Å²) in [5.41, 5.74) is 2.04. The molecule has 0 aliphatic rings. The molecule has 0 fully saturated rings. The minimum Gasteiger partial charge on any atom is -0.480 e. The van der Waals surface area contributed by atoms with E-state index >= 15 is 0 Å². The van der Waals surface area contributed by atoms with E-state index in [2.05, 4.69) is 0 Å². The highest BCUT2D eigenvalue weighted by atomic mass is 16.5. The number of carbonyl (C=O) groups excluding carboxylic acids is 1. The van der Waals surface area contributed by atoms with Gasteiger partial charge in [0.25, 0.3) is 0 Å². The number of hydrogen-bond donors (Lipinski definition) is 1. The molecule has 5 nitrogen and oxygen atoms in total. The average molecular weight is 293 g/mol. The van der Waals surface area contributed by atoms with Gasteiger partial charge in [0, 0.05) is 6.54 Å². The number of benzene rings is 1. The summed E-state index contributed by atoms with van der Waals surface area (Å²) in [6.07, 6.45) is 0.250. The fourth-order valence-corrected chi connectivity index (χ4v) is 1.85. The van der Waals surface area contributed by atoms with Crippen molar-refractivity contribution in [1.82, 2.24) is 4.90 Å². The Kier molecular flexibility index (Phi) is 6.88. The SMILES string of the molecule is Cc1ccc(CN(CC(=O)O)C(=O)CCOC(C)C)cc1. The summed E-state index contributed by atoms with van der Waals surface area (Å²) in [5.74, 6) is -1.22. The molecular weight excluding hydrogens is 270 g/mol. The minimum atomic E-state index is -1.01. The van der Waals surface area contributed by atoms with Gasteiger partial charge in [-0.1, -0.05) is 29.8 Å².